The molecule has 0 radical (unpaired) electrons. The molecule has 3 nitrogen and oxygen atoms in total. The molecule has 5 heteroatoms. The van der Waals surface area contributed by atoms with Crippen molar-refractivity contribution in [2.45, 2.75) is 33.1 Å². The molecule has 0 saturated carbocycles. The molecule has 2 rings (SSSR count). The largest absolute Gasteiger partial charge is 0.316 e. The number of benzene rings is 1. The van der Waals surface area contributed by atoms with Gasteiger partial charge in [-0.3, -0.25) is 0 Å². The van der Waals surface area contributed by atoms with Gasteiger partial charge in [-0.2, -0.15) is 0 Å². The van der Waals surface area contributed by atoms with Crippen molar-refractivity contribution >= 4 is 27.3 Å². The minimum Gasteiger partial charge on any atom is -0.316 e. The molecule has 1 N–H and O–H groups in total. The third-order valence-corrected chi connectivity index (χ3v) is 4.53. The van der Waals surface area contributed by atoms with E-state index in [0.29, 0.717) is 5.92 Å². The van der Waals surface area contributed by atoms with Gasteiger partial charge in [-0.05, 0) is 43.1 Å². The Labute approximate surface area is 139 Å². The van der Waals surface area contributed by atoms with E-state index in [1.54, 1.807) is 11.3 Å². The van der Waals surface area contributed by atoms with Crippen LogP contribution in [0.25, 0.3) is 0 Å². The first-order valence-electron chi connectivity index (χ1n) is 7.40. The maximum Gasteiger partial charge on any atom is 0.121 e. The van der Waals surface area contributed by atoms with E-state index in [4.69, 9.17) is 0 Å². The van der Waals surface area contributed by atoms with Crippen molar-refractivity contribution in [3.63, 3.8) is 0 Å². The van der Waals surface area contributed by atoms with Gasteiger partial charge in [-0.15, -0.1) is 21.5 Å². The average Bonchev–Trinajstić information content (AvgIpc) is 2.85. The molecule has 0 bridgehead atoms. The summed E-state index contributed by atoms with van der Waals surface area (Å²) in [5.41, 5.74) is 1.27. The molecule has 21 heavy (non-hydrogen) atoms. The van der Waals surface area contributed by atoms with Crippen LogP contribution in [0.5, 0.6) is 0 Å². The summed E-state index contributed by atoms with van der Waals surface area (Å²) in [6, 6.07) is 8.36. The predicted molar refractivity (Wildman–Crippen MR) is 92.9 cm³/mol. The van der Waals surface area contributed by atoms with E-state index in [1.165, 1.54) is 5.56 Å². The van der Waals surface area contributed by atoms with Crippen molar-refractivity contribution in [2.24, 2.45) is 5.92 Å². The Bertz CT molecular complexity index is 554. The Morgan fingerprint density at radius 3 is 2.81 bits per heavy atom. The highest BCUT2D eigenvalue weighted by Gasteiger charge is 2.05. The van der Waals surface area contributed by atoms with E-state index >= 15 is 0 Å². The average molecular weight is 368 g/mol. The van der Waals surface area contributed by atoms with E-state index in [1.807, 2.05) is 6.07 Å². The van der Waals surface area contributed by atoms with E-state index < -0.39 is 0 Å². The molecule has 0 aliphatic heterocycles. The third-order valence-electron chi connectivity index (χ3n) is 3.05. The molecule has 0 atom stereocenters. The zero-order chi connectivity index (χ0) is 15.1. The molecule has 0 amide bonds. The van der Waals surface area contributed by atoms with Crippen molar-refractivity contribution in [1.29, 1.82) is 0 Å². The fourth-order valence-corrected chi connectivity index (χ4v) is 3.40. The summed E-state index contributed by atoms with van der Waals surface area (Å²) < 4.78 is 1.11. The summed E-state index contributed by atoms with van der Waals surface area (Å²) in [6.07, 6.45) is 3.00. The fourth-order valence-electron chi connectivity index (χ4n) is 2.04. The van der Waals surface area contributed by atoms with Crippen molar-refractivity contribution in [3.8, 4) is 0 Å². The van der Waals surface area contributed by atoms with Crippen LogP contribution in [0, 0.1) is 5.92 Å². The number of hydrogen-bond donors (Lipinski definition) is 1. The lowest BCUT2D eigenvalue weighted by Gasteiger charge is -2.05. The Morgan fingerprint density at radius 2 is 2.05 bits per heavy atom. The standard InChI is InChI=1S/C16H22BrN3S/c1-12(2)11-18-8-4-7-15-19-20-16(21-15)10-13-5-3-6-14(17)9-13/h3,5-6,9,12,18H,4,7-8,10-11H2,1-2H3. The normalized spacial score (nSPS) is 11.2. The number of rotatable bonds is 8. The second-order valence-corrected chi connectivity index (χ2v) is 7.66. The summed E-state index contributed by atoms with van der Waals surface area (Å²) in [5, 5.41) is 14.3. The highest BCUT2D eigenvalue weighted by Crippen LogP contribution is 2.18. The summed E-state index contributed by atoms with van der Waals surface area (Å²) in [5.74, 6) is 0.711. The van der Waals surface area contributed by atoms with Gasteiger partial charge in [-0.25, -0.2) is 0 Å². The van der Waals surface area contributed by atoms with Crippen LogP contribution in [0.15, 0.2) is 28.7 Å². The lowest BCUT2D eigenvalue weighted by atomic mass is 10.2. The summed E-state index contributed by atoms with van der Waals surface area (Å²) >= 11 is 5.23. The zero-order valence-electron chi connectivity index (χ0n) is 12.6. The molecule has 114 valence electrons. The monoisotopic (exact) mass is 367 g/mol. The third kappa shape index (κ3) is 6.24. The Balaban J connectivity index is 1.76. The molecule has 0 spiro atoms. The van der Waals surface area contributed by atoms with Crippen molar-refractivity contribution in [2.75, 3.05) is 13.1 Å². The SMILES string of the molecule is CC(C)CNCCCc1nnc(Cc2cccc(Br)c2)s1. The van der Waals surface area contributed by atoms with E-state index in [9.17, 15) is 0 Å². The lowest BCUT2D eigenvalue weighted by Crippen LogP contribution is -2.21. The molecule has 0 fully saturated rings. The van der Waals surface area contributed by atoms with Crippen LogP contribution >= 0.6 is 27.3 Å². The van der Waals surface area contributed by atoms with Gasteiger partial charge in [-0.1, -0.05) is 41.9 Å². The Morgan fingerprint density at radius 1 is 1.24 bits per heavy atom. The highest BCUT2D eigenvalue weighted by atomic mass is 79.9. The van der Waals surface area contributed by atoms with Gasteiger partial charge in [0.2, 0.25) is 0 Å². The first-order chi connectivity index (χ1) is 10.1. The number of nitrogens with zero attached hydrogens (tertiary/aromatic N) is 2. The van der Waals surface area contributed by atoms with Crippen LogP contribution in [0.4, 0.5) is 0 Å². The van der Waals surface area contributed by atoms with Gasteiger partial charge in [0.25, 0.3) is 0 Å². The second kappa shape index (κ2) is 8.61. The summed E-state index contributed by atoms with van der Waals surface area (Å²) in [7, 11) is 0. The van der Waals surface area contributed by atoms with Crippen LogP contribution in [-0.4, -0.2) is 23.3 Å². The maximum atomic E-state index is 4.30. The van der Waals surface area contributed by atoms with Gasteiger partial charge in [0.1, 0.15) is 10.0 Å². The predicted octanol–water partition coefficient (Wildman–Crippen LogP) is 4.07. The molecule has 0 aliphatic rings. The number of hydrogen-bond acceptors (Lipinski definition) is 4. The van der Waals surface area contributed by atoms with Crippen LogP contribution in [0.1, 0.15) is 35.8 Å². The van der Waals surface area contributed by atoms with Crippen molar-refractivity contribution < 1.29 is 0 Å². The molecule has 2 aromatic rings. The Kier molecular flexibility index (Phi) is 6.80. The van der Waals surface area contributed by atoms with Crippen LogP contribution in [0.3, 0.4) is 0 Å². The maximum absolute atomic E-state index is 4.30. The first kappa shape index (κ1) is 16.6. The molecule has 0 aliphatic carbocycles. The lowest BCUT2D eigenvalue weighted by molar-refractivity contribution is 0.542. The summed E-state index contributed by atoms with van der Waals surface area (Å²) in [6.45, 7) is 6.60. The number of nitrogens with one attached hydrogen (secondary N) is 1. The quantitative estimate of drug-likeness (QED) is 0.714. The molecular formula is C16H22BrN3S. The molecule has 1 aromatic heterocycles. The molecule has 1 aromatic carbocycles. The minimum atomic E-state index is 0.711. The molecule has 0 saturated heterocycles. The van der Waals surface area contributed by atoms with Crippen LogP contribution in [0.2, 0.25) is 0 Å². The van der Waals surface area contributed by atoms with Crippen LogP contribution in [-0.2, 0) is 12.8 Å². The zero-order valence-corrected chi connectivity index (χ0v) is 15.0. The number of aryl methyl sites for hydroxylation is 1. The van der Waals surface area contributed by atoms with Gasteiger partial charge < -0.3 is 5.32 Å². The van der Waals surface area contributed by atoms with Gasteiger partial charge in [0.05, 0.1) is 0 Å². The van der Waals surface area contributed by atoms with E-state index in [0.717, 1.165) is 46.8 Å². The second-order valence-electron chi connectivity index (χ2n) is 5.60. The topological polar surface area (TPSA) is 37.8 Å². The summed E-state index contributed by atoms with van der Waals surface area (Å²) in [4.78, 5) is 0. The fraction of sp³-hybridized carbons (Fsp3) is 0.500. The smallest absolute Gasteiger partial charge is 0.121 e. The Hall–Kier alpha value is -0.780. The number of halogens is 1. The molecule has 1 heterocycles. The van der Waals surface area contributed by atoms with Crippen LogP contribution < -0.4 is 5.32 Å². The van der Waals surface area contributed by atoms with E-state index in [-0.39, 0.29) is 0 Å². The van der Waals surface area contributed by atoms with Gasteiger partial charge >= 0.3 is 0 Å². The van der Waals surface area contributed by atoms with Gasteiger partial charge in [0, 0.05) is 17.3 Å². The number of aromatic nitrogens is 2. The molecule has 0 unspecified atom stereocenters. The van der Waals surface area contributed by atoms with Crippen molar-refractivity contribution in [3.05, 3.63) is 44.3 Å². The van der Waals surface area contributed by atoms with Gasteiger partial charge in [0.15, 0.2) is 0 Å². The van der Waals surface area contributed by atoms with E-state index in [2.05, 4.69) is 63.5 Å². The first-order valence-corrected chi connectivity index (χ1v) is 9.01. The van der Waals surface area contributed by atoms with Crippen molar-refractivity contribution in [1.82, 2.24) is 15.5 Å². The highest BCUT2D eigenvalue weighted by molar-refractivity contribution is 9.10. The molecular weight excluding hydrogens is 346 g/mol. The minimum absolute atomic E-state index is 0.711.